The van der Waals surface area contributed by atoms with Crippen molar-refractivity contribution >= 4 is 10.9 Å². The molecule has 0 bridgehead atoms. The highest BCUT2D eigenvalue weighted by Gasteiger charge is 2.48. The van der Waals surface area contributed by atoms with Gasteiger partial charge in [-0.3, -0.25) is 9.74 Å². The lowest BCUT2D eigenvalue weighted by atomic mass is 9.81. The van der Waals surface area contributed by atoms with E-state index in [4.69, 9.17) is 4.84 Å². The van der Waals surface area contributed by atoms with Gasteiger partial charge in [-0.25, -0.2) is 0 Å². The van der Waals surface area contributed by atoms with Crippen molar-refractivity contribution in [1.82, 2.24) is 14.9 Å². The van der Waals surface area contributed by atoms with Crippen LogP contribution >= 0.6 is 0 Å². The molecule has 0 radical (unpaired) electrons. The number of fused-ring (bicyclic) bond motifs is 6. The number of benzene rings is 2. The van der Waals surface area contributed by atoms with Gasteiger partial charge in [-0.2, -0.15) is 5.06 Å². The molecule has 4 heterocycles. The van der Waals surface area contributed by atoms with Gasteiger partial charge >= 0.3 is 0 Å². The van der Waals surface area contributed by atoms with Gasteiger partial charge in [-0.15, -0.1) is 0 Å². The van der Waals surface area contributed by atoms with Crippen molar-refractivity contribution in [3.05, 3.63) is 59.3 Å². The Morgan fingerprint density at radius 3 is 2.86 bits per heavy atom. The lowest BCUT2D eigenvalue weighted by Gasteiger charge is -2.44. The first kappa shape index (κ1) is 17.7. The van der Waals surface area contributed by atoms with E-state index in [1.54, 1.807) is 0 Å². The molecular weight excluding hydrogens is 358 g/mol. The van der Waals surface area contributed by atoms with Crippen LogP contribution in [0.5, 0.6) is 0 Å². The average molecular weight is 388 g/mol. The largest absolute Gasteiger partial charge is 0.356 e. The fraction of sp³-hybridized carbons (Fsp3) is 0.440. The Hall–Kier alpha value is -2.14. The van der Waals surface area contributed by atoms with Crippen molar-refractivity contribution in [3.8, 4) is 11.1 Å². The molecule has 0 aliphatic carbocycles. The summed E-state index contributed by atoms with van der Waals surface area (Å²) >= 11 is 0. The molecule has 4 atom stereocenters. The molecule has 2 saturated heterocycles. The molecule has 0 saturated carbocycles. The molecule has 0 amide bonds. The zero-order valence-electron chi connectivity index (χ0n) is 17.5. The third-order valence-electron chi connectivity index (χ3n) is 7.53. The first-order chi connectivity index (χ1) is 14.1. The van der Waals surface area contributed by atoms with Crippen LogP contribution in [0.3, 0.4) is 0 Å². The van der Waals surface area contributed by atoms with Crippen molar-refractivity contribution in [1.29, 1.82) is 0 Å². The molecule has 29 heavy (non-hydrogen) atoms. The van der Waals surface area contributed by atoms with Gasteiger partial charge < -0.3 is 4.98 Å². The Morgan fingerprint density at radius 2 is 2.00 bits per heavy atom. The van der Waals surface area contributed by atoms with Gasteiger partial charge in [0.1, 0.15) is 0 Å². The first-order valence-corrected chi connectivity index (χ1v) is 10.9. The monoisotopic (exact) mass is 387 g/mol. The molecule has 3 aliphatic rings. The Balaban J connectivity index is 1.46. The summed E-state index contributed by atoms with van der Waals surface area (Å²) in [7, 11) is 2.11. The maximum atomic E-state index is 6.05. The molecule has 2 aromatic carbocycles. The Kier molecular flexibility index (Phi) is 3.92. The second-order valence-electron chi connectivity index (χ2n) is 9.20. The fourth-order valence-electron chi connectivity index (χ4n) is 6.07. The van der Waals surface area contributed by atoms with Crippen LogP contribution in [0.2, 0.25) is 0 Å². The lowest BCUT2D eigenvalue weighted by molar-refractivity contribution is -0.140. The van der Waals surface area contributed by atoms with E-state index in [2.05, 4.69) is 78.3 Å². The third kappa shape index (κ3) is 2.63. The van der Waals surface area contributed by atoms with Crippen molar-refractivity contribution in [2.24, 2.45) is 5.92 Å². The van der Waals surface area contributed by atoms with Crippen molar-refractivity contribution in [2.45, 2.75) is 44.9 Å². The van der Waals surface area contributed by atoms with E-state index in [-0.39, 0.29) is 0 Å². The van der Waals surface area contributed by atoms with E-state index in [0.29, 0.717) is 24.1 Å². The summed E-state index contributed by atoms with van der Waals surface area (Å²) in [5, 5.41) is 3.53. The predicted molar refractivity (Wildman–Crippen MR) is 117 cm³/mol. The fourth-order valence-corrected chi connectivity index (χ4v) is 6.07. The smallest absolute Gasteiger partial charge is 0.0821 e. The number of H-pyrrole nitrogens is 1. The summed E-state index contributed by atoms with van der Waals surface area (Å²) in [6, 6.07) is 16.6. The topological polar surface area (TPSA) is 31.5 Å². The normalized spacial score (nSPS) is 29.6. The van der Waals surface area contributed by atoms with E-state index in [9.17, 15) is 0 Å². The minimum absolute atomic E-state index is 0.322. The average Bonchev–Trinajstić information content (AvgIpc) is 3.24. The molecule has 3 aromatic rings. The van der Waals surface area contributed by atoms with Gasteiger partial charge in [-0.1, -0.05) is 48.0 Å². The Bertz CT molecular complexity index is 1090. The molecular formula is C25H29N3O. The number of hydrogen-bond acceptors (Lipinski definition) is 3. The number of rotatable bonds is 1. The second kappa shape index (κ2) is 6.43. The SMILES string of the molecule is Cc1cccc(-c2cccc3c4c([nH]c23)[C@@H]2C[C@H]3[C@@H](CN2CC4)[C@H](C)ON3C)c1. The standard InChI is InChI=1S/C25H29N3O/c1-15-6-4-7-17(12-15)18-8-5-9-19-20-10-11-28-14-21-16(2)29-27(3)22(21)13-23(28)25(20)26-24(18)19/h4-9,12,16,21-23,26H,10-11,13-14H2,1-3H3/t16-,21-,22-,23-/m0/s1. The number of hydroxylamine groups is 2. The van der Waals surface area contributed by atoms with E-state index in [0.717, 1.165) is 25.9 Å². The molecule has 1 aromatic heterocycles. The molecule has 2 fully saturated rings. The van der Waals surface area contributed by atoms with E-state index in [1.807, 2.05) is 0 Å². The minimum Gasteiger partial charge on any atom is -0.356 e. The molecule has 1 N–H and O–H groups in total. The van der Waals surface area contributed by atoms with Crippen LogP contribution in [-0.4, -0.2) is 47.2 Å². The quantitative estimate of drug-likeness (QED) is 0.657. The summed E-state index contributed by atoms with van der Waals surface area (Å²) in [5.41, 5.74) is 8.19. The van der Waals surface area contributed by atoms with Crippen LogP contribution < -0.4 is 0 Å². The molecule has 0 unspecified atom stereocenters. The summed E-state index contributed by atoms with van der Waals surface area (Å²) < 4.78 is 0. The highest BCUT2D eigenvalue weighted by Crippen LogP contribution is 2.46. The summed E-state index contributed by atoms with van der Waals surface area (Å²) in [6.07, 6.45) is 2.60. The summed E-state index contributed by atoms with van der Waals surface area (Å²) in [5.74, 6) is 0.616. The van der Waals surface area contributed by atoms with Crippen molar-refractivity contribution in [3.63, 3.8) is 0 Å². The van der Waals surface area contributed by atoms with Crippen molar-refractivity contribution in [2.75, 3.05) is 20.1 Å². The maximum Gasteiger partial charge on any atom is 0.0821 e. The van der Waals surface area contributed by atoms with Crippen molar-refractivity contribution < 1.29 is 4.84 Å². The maximum absolute atomic E-state index is 6.05. The molecule has 0 spiro atoms. The van der Waals surface area contributed by atoms with E-state index < -0.39 is 0 Å². The lowest BCUT2D eigenvalue weighted by Crippen LogP contribution is -2.50. The zero-order valence-corrected chi connectivity index (χ0v) is 17.5. The number of aryl methyl sites for hydroxylation is 1. The van der Waals surface area contributed by atoms with Crippen LogP contribution in [0, 0.1) is 12.8 Å². The number of nitrogens with zero attached hydrogens (tertiary/aromatic N) is 2. The van der Waals surface area contributed by atoms with Crippen LogP contribution in [0.15, 0.2) is 42.5 Å². The van der Waals surface area contributed by atoms with Crippen LogP contribution in [-0.2, 0) is 11.3 Å². The van der Waals surface area contributed by atoms with Crippen LogP contribution in [0.1, 0.15) is 36.2 Å². The van der Waals surface area contributed by atoms with Gasteiger partial charge in [-0.05, 0) is 37.8 Å². The molecule has 4 nitrogen and oxygen atoms in total. The molecule has 3 aliphatic heterocycles. The molecule has 6 rings (SSSR count). The minimum atomic E-state index is 0.322. The zero-order chi connectivity index (χ0) is 19.7. The highest BCUT2D eigenvalue weighted by molar-refractivity contribution is 5.97. The number of hydrogen-bond donors (Lipinski definition) is 1. The number of aromatic nitrogens is 1. The van der Waals surface area contributed by atoms with Gasteiger partial charge in [0.2, 0.25) is 0 Å². The van der Waals surface area contributed by atoms with E-state index in [1.165, 1.54) is 38.9 Å². The number of piperidine rings is 1. The van der Waals surface area contributed by atoms with Gasteiger partial charge in [0.05, 0.1) is 17.7 Å². The predicted octanol–water partition coefficient (Wildman–Crippen LogP) is 4.70. The van der Waals surface area contributed by atoms with E-state index >= 15 is 0 Å². The third-order valence-corrected chi connectivity index (χ3v) is 7.53. The molecule has 150 valence electrons. The van der Waals surface area contributed by atoms with Gasteiger partial charge in [0.15, 0.2) is 0 Å². The first-order valence-electron chi connectivity index (χ1n) is 10.9. The second-order valence-corrected chi connectivity index (χ2v) is 9.20. The molecule has 4 heteroatoms. The Labute approximate surface area is 172 Å². The number of nitrogens with one attached hydrogen (secondary N) is 1. The number of aromatic amines is 1. The van der Waals surface area contributed by atoms with Crippen LogP contribution in [0.4, 0.5) is 0 Å². The Morgan fingerprint density at radius 1 is 1.14 bits per heavy atom. The highest BCUT2D eigenvalue weighted by atomic mass is 16.7. The van der Waals surface area contributed by atoms with Crippen LogP contribution in [0.25, 0.3) is 22.0 Å². The van der Waals surface area contributed by atoms with Gasteiger partial charge in [0, 0.05) is 48.7 Å². The summed E-state index contributed by atoms with van der Waals surface area (Å²) in [6.45, 7) is 6.69. The van der Waals surface area contributed by atoms with Gasteiger partial charge in [0.25, 0.3) is 0 Å². The number of para-hydroxylation sites is 1. The summed E-state index contributed by atoms with van der Waals surface area (Å²) in [4.78, 5) is 12.7.